The predicted octanol–water partition coefficient (Wildman–Crippen LogP) is 2.20. The monoisotopic (exact) mass is 237 g/mol. The summed E-state index contributed by atoms with van der Waals surface area (Å²) in [4.78, 5) is 11.5. The lowest BCUT2D eigenvalue weighted by atomic mass is 10.2. The van der Waals surface area contributed by atoms with Gasteiger partial charge in [0.05, 0.1) is 0 Å². The first-order valence-electron chi connectivity index (χ1n) is 5.36. The molecule has 0 spiro atoms. The molecule has 0 aliphatic heterocycles. The first-order valence-corrected chi connectivity index (χ1v) is 5.36. The molecule has 0 fully saturated rings. The number of rotatable bonds is 5. The van der Waals surface area contributed by atoms with Crippen LogP contribution in [0.4, 0.5) is 4.39 Å². The lowest BCUT2D eigenvalue weighted by Gasteiger charge is -2.14. The number of aryl methyl sites for hydroxylation is 1. The quantitative estimate of drug-likeness (QED) is 0.797. The molecule has 0 aliphatic carbocycles. The van der Waals surface area contributed by atoms with Gasteiger partial charge in [0.1, 0.15) is 11.6 Å². The molecule has 3 nitrogen and oxygen atoms in total. The second kappa shape index (κ2) is 6.03. The van der Waals surface area contributed by atoms with Crippen LogP contribution in [-0.4, -0.2) is 18.6 Å². The third-order valence-electron chi connectivity index (χ3n) is 2.25. The van der Waals surface area contributed by atoms with Crippen LogP contribution in [0, 0.1) is 12.7 Å². The van der Waals surface area contributed by atoms with Gasteiger partial charge in [-0.2, -0.15) is 0 Å². The van der Waals surface area contributed by atoms with Gasteiger partial charge in [0.15, 0.2) is 6.10 Å². The summed E-state index contributed by atoms with van der Waals surface area (Å²) in [6, 6.07) is 4.52. The molecule has 1 N–H and O–H groups in total. The molecule has 1 atom stereocenters. The molecule has 1 rings (SSSR count). The van der Waals surface area contributed by atoms with Gasteiger partial charge in [-0.05, 0) is 25.5 Å². The van der Waals surface area contributed by atoms with E-state index in [1.54, 1.807) is 32.1 Å². The van der Waals surface area contributed by atoms with Crippen molar-refractivity contribution in [3.8, 4) is 5.75 Å². The summed E-state index contributed by atoms with van der Waals surface area (Å²) in [7, 11) is 0. The second-order valence-electron chi connectivity index (χ2n) is 3.70. The standard InChI is InChI=1S/C13H16FNO2/c1-4-7-15-13(16)10(3)17-11-6-5-9(2)12(14)8-11/h4-6,8,10H,1,7H2,2-3H3,(H,15,16). The predicted molar refractivity (Wildman–Crippen MR) is 64.4 cm³/mol. The SMILES string of the molecule is C=CCNC(=O)C(C)Oc1ccc(C)c(F)c1. The van der Waals surface area contributed by atoms with Crippen molar-refractivity contribution < 1.29 is 13.9 Å². The third kappa shape index (κ3) is 3.90. The molecule has 4 heteroatoms. The van der Waals surface area contributed by atoms with E-state index >= 15 is 0 Å². The van der Waals surface area contributed by atoms with Gasteiger partial charge >= 0.3 is 0 Å². The lowest BCUT2D eigenvalue weighted by molar-refractivity contribution is -0.127. The van der Waals surface area contributed by atoms with E-state index in [1.807, 2.05) is 0 Å². The number of nitrogens with one attached hydrogen (secondary N) is 1. The molecule has 0 aliphatic rings. The van der Waals surface area contributed by atoms with Gasteiger partial charge in [-0.15, -0.1) is 6.58 Å². The highest BCUT2D eigenvalue weighted by Gasteiger charge is 2.13. The maximum absolute atomic E-state index is 13.2. The van der Waals surface area contributed by atoms with Crippen molar-refractivity contribution in [1.29, 1.82) is 0 Å². The summed E-state index contributed by atoms with van der Waals surface area (Å²) in [6.45, 7) is 7.15. The minimum Gasteiger partial charge on any atom is -0.481 e. The molecule has 0 saturated carbocycles. The van der Waals surface area contributed by atoms with Gasteiger partial charge in [0, 0.05) is 12.6 Å². The Morgan fingerprint density at radius 1 is 1.65 bits per heavy atom. The number of amides is 1. The number of benzene rings is 1. The Kier molecular flexibility index (Phi) is 4.69. The topological polar surface area (TPSA) is 38.3 Å². The van der Waals surface area contributed by atoms with E-state index in [-0.39, 0.29) is 11.7 Å². The van der Waals surface area contributed by atoms with Crippen LogP contribution in [0.25, 0.3) is 0 Å². The largest absolute Gasteiger partial charge is 0.481 e. The van der Waals surface area contributed by atoms with E-state index in [1.165, 1.54) is 6.07 Å². The van der Waals surface area contributed by atoms with Crippen molar-refractivity contribution in [3.63, 3.8) is 0 Å². The molecule has 0 saturated heterocycles. The molecule has 0 heterocycles. The minimum atomic E-state index is -0.669. The summed E-state index contributed by atoms with van der Waals surface area (Å²) in [6.07, 6.45) is 0.910. The molecule has 1 aromatic carbocycles. The van der Waals surface area contributed by atoms with Crippen LogP contribution in [-0.2, 0) is 4.79 Å². The maximum Gasteiger partial charge on any atom is 0.261 e. The molecular formula is C13H16FNO2. The fraction of sp³-hybridized carbons (Fsp3) is 0.308. The summed E-state index contributed by atoms with van der Waals surface area (Å²) in [5, 5.41) is 2.60. The Morgan fingerprint density at radius 3 is 2.94 bits per heavy atom. The molecule has 0 bridgehead atoms. The molecule has 1 unspecified atom stereocenters. The molecule has 1 amide bonds. The zero-order valence-electron chi connectivity index (χ0n) is 10.00. The average molecular weight is 237 g/mol. The Labute approximate surface area is 100 Å². The number of carbonyl (C=O) groups is 1. The number of hydrogen-bond donors (Lipinski definition) is 1. The third-order valence-corrected chi connectivity index (χ3v) is 2.25. The number of carbonyl (C=O) groups excluding carboxylic acids is 1. The highest BCUT2D eigenvalue weighted by molar-refractivity contribution is 5.80. The van der Waals surface area contributed by atoms with E-state index in [0.717, 1.165) is 0 Å². The summed E-state index contributed by atoms with van der Waals surface area (Å²) in [5.74, 6) is -0.263. The van der Waals surface area contributed by atoms with Gasteiger partial charge in [0.25, 0.3) is 5.91 Å². The summed E-state index contributed by atoms with van der Waals surface area (Å²) < 4.78 is 18.6. The smallest absolute Gasteiger partial charge is 0.261 e. The van der Waals surface area contributed by atoms with Crippen LogP contribution >= 0.6 is 0 Å². The van der Waals surface area contributed by atoms with E-state index in [2.05, 4.69) is 11.9 Å². The van der Waals surface area contributed by atoms with Crippen LogP contribution < -0.4 is 10.1 Å². The average Bonchev–Trinajstić information content (AvgIpc) is 2.30. The van der Waals surface area contributed by atoms with Crippen molar-refractivity contribution >= 4 is 5.91 Å². The van der Waals surface area contributed by atoms with E-state index < -0.39 is 6.10 Å². The Balaban J connectivity index is 2.61. The van der Waals surface area contributed by atoms with Crippen LogP contribution in [0.15, 0.2) is 30.9 Å². The van der Waals surface area contributed by atoms with Crippen LogP contribution in [0.1, 0.15) is 12.5 Å². The first kappa shape index (κ1) is 13.2. The van der Waals surface area contributed by atoms with Gasteiger partial charge in [-0.1, -0.05) is 12.1 Å². The molecule has 17 heavy (non-hydrogen) atoms. The first-order chi connectivity index (χ1) is 8.04. The van der Waals surface area contributed by atoms with Crippen molar-refractivity contribution in [3.05, 3.63) is 42.2 Å². The van der Waals surface area contributed by atoms with Crippen LogP contribution in [0.3, 0.4) is 0 Å². The molecule has 1 aromatic rings. The van der Waals surface area contributed by atoms with Crippen LogP contribution in [0.5, 0.6) is 5.75 Å². The Hall–Kier alpha value is -1.84. The number of hydrogen-bond acceptors (Lipinski definition) is 2. The van der Waals surface area contributed by atoms with Crippen molar-refractivity contribution in [2.45, 2.75) is 20.0 Å². The summed E-state index contributed by atoms with van der Waals surface area (Å²) >= 11 is 0. The molecule has 0 radical (unpaired) electrons. The Bertz CT molecular complexity index is 418. The maximum atomic E-state index is 13.2. The second-order valence-corrected chi connectivity index (χ2v) is 3.70. The van der Waals surface area contributed by atoms with Crippen molar-refractivity contribution in [2.75, 3.05) is 6.54 Å². The van der Waals surface area contributed by atoms with Crippen LogP contribution in [0.2, 0.25) is 0 Å². The highest BCUT2D eigenvalue weighted by atomic mass is 19.1. The van der Waals surface area contributed by atoms with Crippen molar-refractivity contribution in [1.82, 2.24) is 5.32 Å². The fourth-order valence-corrected chi connectivity index (χ4v) is 1.22. The number of ether oxygens (including phenoxy) is 1. The molecule has 92 valence electrons. The number of halogens is 1. The van der Waals surface area contributed by atoms with Gasteiger partial charge in [-0.3, -0.25) is 4.79 Å². The normalized spacial score (nSPS) is 11.7. The minimum absolute atomic E-state index is 0.258. The van der Waals surface area contributed by atoms with E-state index in [9.17, 15) is 9.18 Å². The Morgan fingerprint density at radius 2 is 2.35 bits per heavy atom. The van der Waals surface area contributed by atoms with E-state index in [0.29, 0.717) is 17.9 Å². The summed E-state index contributed by atoms with van der Waals surface area (Å²) in [5.41, 5.74) is 0.543. The van der Waals surface area contributed by atoms with Crippen molar-refractivity contribution in [2.24, 2.45) is 0 Å². The fourth-order valence-electron chi connectivity index (χ4n) is 1.22. The van der Waals surface area contributed by atoms with E-state index in [4.69, 9.17) is 4.74 Å². The molecular weight excluding hydrogens is 221 g/mol. The zero-order chi connectivity index (χ0) is 12.8. The molecule has 0 aromatic heterocycles. The van der Waals surface area contributed by atoms with Gasteiger partial charge in [0.2, 0.25) is 0 Å². The highest BCUT2D eigenvalue weighted by Crippen LogP contribution is 2.17. The van der Waals surface area contributed by atoms with Gasteiger partial charge in [-0.25, -0.2) is 4.39 Å². The lowest BCUT2D eigenvalue weighted by Crippen LogP contribution is -2.36. The zero-order valence-corrected chi connectivity index (χ0v) is 10.00. The van der Waals surface area contributed by atoms with Gasteiger partial charge < -0.3 is 10.1 Å².